The van der Waals surface area contributed by atoms with Crippen LogP contribution in [0.2, 0.25) is 0 Å². The predicted octanol–water partition coefficient (Wildman–Crippen LogP) is 0.806. The number of fused-ring (bicyclic) bond motifs is 1. The van der Waals surface area contributed by atoms with Crippen molar-refractivity contribution >= 4 is 5.91 Å². The number of benzene rings is 1. The van der Waals surface area contributed by atoms with Gasteiger partial charge >= 0.3 is 0 Å². The maximum Gasteiger partial charge on any atom is 0.276 e. The lowest BCUT2D eigenvalue weighted by Gasteiger charge is -2.15. The van der Waals surface area contributed by atoms with Gasteiger partial charge in [-0.15, -0.1) is 0 Å². The topological polar surface area (TPSA) is 80.3 Å². The monoisotopic (exact) mass is 260 g/mol. The first-order chi connectivity index (χ1) is 9.24. The van der Waals surface area contributed by atoms with Crippen LogP contribution in [-0.4, -0.2) is 40.1 Å². The Bertz CT molecular complexity index is 597. The molecule has 0 fully saturated rings. The normalized spacial score (nSPS) is 12.5. The first-order valence-electron chi connectivity index (χ1n) is 5.74. The lowest BCUT2D eigenvalue weighted by Crippen LogP contribution is -2.26. The Balaban J connectivity index is 1.73. The van der Waals surface area contributed by atoms with Crippen molar-refractivity contribution in [1.29, 1.82) is 0 Å². The quantitative estimate of drug-likeness (QED) is 0.883. The number of nitrogens with one attached hydrogen (secondary N) is 1. The summed E-state index contributed by atoms with van der Waals surface area (Å²) in [4.78, 5) is 13.6. The van der Waals surface area contributed by atoms with E-state index in [9.17, 15) is 4.79 Å². The first-order valence-corrected chi connectivity index (χ1v) is 5.74. The van der Waals surface area contributed by atoms with Gasteiger partial charge in [0.05, 0.1) is 6.20 Å². The Hall–Kier alpha value is -2.57. The number of aromatic nitrogens is 3. The molecule has 0 saturated heterocycles. The number of hydrogen-bond acceptors (Lipinski definition) is 5. The second kappa shape index (κ2) is 4.60. The van der Waals surface area contributed by atoms with Crippen molar-refractivity contribution < 1.29 is 14.3 Å². The second-order valence-electron chi connectivity index (χ2n) is 4.20. The lowest BCUT2D eigenvalue weighted by atomic mass is 10.2. The molecule has 19 heavy (non-hydrogen) atoms. The molecule has 1 amide bonds. The van der Waals surface area contributed by atoms with Crippen LogP contribution in [0, 0.1) is 0 Å². The maximum atomic E-state index is 12.0. The van der Waals surface area contributed by atoms with Gasteiger partial charge in [-0.1, -0.05) is 6.07 Å². The van der Waals surface area contributed by atoms with Crippen LogP contribution in [-0.2, 0) is 6.54 Å². The number of carbonyl (C=O) groups is 1. The number of hydrogen-bond donors (Lipinski definition) is 1. The molecule has 0 saturated carbocycles. The molecule has 3 rings (SSSR count). The van der Waals surface area contributed by atoms with Gasteiger partial charge in [0.15, 0.2) is 17.2 Å². The zero-order chi connectivity index (χ0) is 13.2. The molecule has 0 aliphatic carbocycles. The molecule has 2 heterocycles. The van der Waals surface area contributed by atoms with Crippen LogP contribution in [0.1, 0.15) is 16.1 Å². The average Bonchev–Trinajstić information content (AvgIpc) is 3.08. The summed E-state index contributed by atoms with van der Waals surface area (Å²) in [7, 11) is 1.71. The van der Waals surface area contributed by atoms with Gasteiger partial charge in [0.2, 0.25) is 6.79 Å². The highest BCUT2D eigenvalue weighted by Crippen LogP contribution is 2.32. The van der Waals surface area contributed by atoms with Crippen LogP contribution in [0.5, 0.6) is 11.5 Å². The van der Waals surface area contributed by atoms with E-state index in [0.717, 1.165) is 11.3 Å². The van der Waals surface area contributed by atoms with Gasteiger partial charge in [0.1, 0.15) is 0 Å². The third-order valence-corrected chi connectivity index (χ3v) is 2.84. The summed E-state index contributed by atoms with van der Waals surface area (Å²) in [6, 6.07) is 5.61. The molecule has 0 unspecified atom stereocenters. The number of nitrogens with zero attached hydrogens (tertiary/aromatic N) is 3. The van der Waals surface area contributed by atoms with Crippen LogP contribution < -0.4 is 9.47 Å². The highest BCUT2D eigenvalue weighted by atomic mass is 16.7. The smallest absolute Gasteiger partial charge is 0.276 e. The molecule has 1 aliphatic heterocycles. The van der Waals surface area contributed by atoms with Crippen LogP contribution in [0.15, 0.2) is 24.4 Å². The average molecular weight is 260 g/mol. The van der Waals surface area contributed by atoms with Gasteiger partial charge in [0.25, 0.3) is 5.91 Å². The van der Waals surface area contributed by atoms with Crippen molar-refractivity contribution in [2.24, 2.45) is 0 Å². The maximum absolute atomic E-state index is 12.0. The van der Waals surface area contributed by atoms with E-state index in [2.05, 4.69) is 15.4 Å². The highest BCUT2D eigenvalue weighted by molar-refractivity contribution is 5.91. The minimum atomic E-state index is -0.189. The van der Waals surface area contributed by atoms with E-state index < -0.39 is 0 Å². The molecule has 7 nitrogen and oxygen atoms in total. The fraction of sp³-hybridized carbons (Fsp3) is 0.250. The van der Waals surface area contributed by atoms with Crippen molar-refractivity contribution in [3.8, 4) is 11.5 Å². The van der Waals surface area contributed by atoms with Crippen molar-refractivity contribution in [1.82, 2.24) is 20.3 Å². The van der Waals surface area contributed by atoms with Gasteiger partial charge in [0, 0.05) is 13.6 Å². The van der Waals surface area contributed by atoms with Gasteiger partial charge in [-0.2, -0.15) is 15.4 Å². The fourth-order valence-corrected chi connectivity index (χ4v) is 1.89. The first kappa shape index (κ1) is 11.5. The molecule has 0 spiro atoms. The molecule has 7 heteroatoms. The van der Waals surface area contributed by atoms with Crippen molar-refractivity contribution in [2.45, 2.75) is 6.54 Å². The molecule has 98 valence electrons. The van der Waals surface area contributed by atoms with Crippen LogP contribution in [0.3, 0.4) is 0 Å². The minimum absolute atomic E-state index is 0.189. The molecule has 1 N–H and O–H groups in total. The molecule has 1 aromatic heterocycles. The van der Waals surface area contributed by atoms with Crippen molar-refractivity contribution in [3.05, 3.63) is 35.7 Å². The largest absolute Gasteiger partial charge is 0.454 e. The summed E-state index contributed by atoms with van der Waals surface area (Å²) in [5, 5.41) is 9.80. The standard InChI is InChI=1S/C12H12N4O3/c1-16(12(17)9-5-13-15-14-9)6-8-2-3-10-11(4-8)19-7-18-10/h2-5H,6-7H2,1H3,(H,13,14,15). The van der Waals surface area contributed by atoms with Crippen LogP contribution >= 0.6 is 0 Å². The Morgan fingerprint density at radius 2 is 2.26 bits per heavy atom. The molecule has 0 bridgehead atoms. The van der Waals surface area contributed by atoms with E-state index in [1.54, 1.807) is 11.9 Å². The molecular weight excluding hydrogens is 248 g/mol. The van der Waals surface area contributed by atoms with Crippen LogP contribution in [0.4, 0.5) is 0 Å². The van der Waals surface area contributed by atoms with Gasteiger partial charge < -0.3 is 14.4 Å². The van der Waals surface area contributed by atoms with E-state index in [-0.39, 0.29) is 12.7 Å². The number of carbonyl (C=O) groups excluding carboxylic acids is 1. The number of ether oxygens (including phenoxy) is 2. The summed E-state index contributed by atoms with van der Waals surface area (Å²) >= 11 is 0. The number of aromatic amines is 1. The SMILES string of the molecule is CN(Cc1ccc2c(c1)OCO2)C(=O)c1cn[nH]n1. The van der Waals surface area contributed by atoms with Crippen molar-refractivity contribution in [2.75, 3.05) is 13.8 Å². The third kappa shape index (κ3) is 2.22. The minimum Gasteiger partial charge on any atom is -0.454 e. The Kier molecular flexibility index (Phi) is 2.79. The van der Waals surface area contributed by atoms with E-state index in [1.807, 2.05) is 18.2 Å². The lowest BCUT2D eigenvalue weighted by molar-refractivity contribution is 0.0779. The predicted molar refractivity (Wildman–Crippen MR) is 64.7 cm³/mol. The Labute approximate surface area is 109 Å². The number of rotatable bonds is 3. The van der Waals surface area contributed by atoms with E-state index in [1.165, 1.54) is 6.20 Å². The van der Waals surface area contributed by atoms with E-state index in [4.69, 9.17) is 9.47 Å². The van der Waals surface area contributed by atoms with E-state index in [0.29, 0.717) is 18.0 Å². The Morgan fingerprint density at radius 3 is 3.05 bits per heavy atom. The van der Waals surface area contributed by atoms with Gasteiger partial charge in [-0.3, -0.25) is 4.79 Å². The summed E-state index contributed by atoms with van der Waals surface area (Å²) in [5.74, 6) is 1.25. The van der Waals surface area contributed by atoms with Gasteiger partial charge in [-0.25, -0.2) is 0 Å². The summed E-state index contributed by atoms with van der Waals surface area (Å²) < 4.78 is 10.5. The molecule has 1 aliphatic rings. The number of amides is 1. The molecule has 0 atom stereocenters. The molecule has 0 radical (unpaired) electrons. The second-order valence-corrected chi connectivity index (χ2v) is 4.20. The zero-order valence-corrected chi connectivity index (χ0v) is 10.3. The highest BCUT2D eigenvalue weighted by Gasteiger charge is 2.17. The molecular formula is C12H12N4O3. The Morgan fingerprint density at radius 1 is 1.42 bits per heavy atom. The van der Waals surface area contributed by atoms with Crippen LogP contribution in [0.25, 0.3) is 0 Å². The summed E-state index contributed by atoms with van der Waals surface area (Å²) in [6.45, 7) is 0.703. The molecule has 1 aromatic carbocycles. The van der Waals surface area contributed by atoms with Gasteiger partial charge in [-0.05, 0) is 17.7 Å². The fourth-order valence-electron chi connectivity index (χ4n) is 1.89. The van der Waals surface area contributed by atoms with E-state index >= 15 is 0 Å². The zero-order valence-electron chi connectivity index (χ0n) is 10.3. The molecule has 2 aromatic rings. The summed E-state index contributed by atoms with van der Waals surface area (Å²) in [5.41, 5.74) is 1.26. The van der Waals surface area contributed by atoms with Crippen molar-refractivity contribution in [3.63, 3.8) is 0 Å². The third-order valence-electron chi connectivity index (χ3n) is 2.84. The number of H-pyrrole nitrogens is 1. The summed E-state index contributed by atoms with van der Waals surface area (Å²) in [6.07, 6.45) is 1.40.